The van der Waals surface area contributed by atoms with Crippen molar-refractivity contribution in [3.05, 3.63) is 29.0 Å². The topological polar surface area (TPSA) is 52.6 Å². The van der Waals surface area contributed by atoms with E-state index in [1.54, 1.807) is 6.92 Å². The molecule has 0 spiro atoms. The first-order chi connectivity index (χ1) is 8.97. The fraction of sp³-hybridized carbons (Fsp3) is 0.462. The van der Waals surface area contributed by atoms with E-state index in [1.807, 2.05) is 4.90 Å². The van der Waals surface area contributed by atoms with E-state index in [0.29, 0.717) is 24.5 Å². The number of rotatable bonds is 3. The normalized spacial score (nSPS) is 21.4. The largest absolute Gasteiger partial charge is 0.392 e. The summed E-state index contributed by atoms with van der Waals surface area (Å²) in [6, 6.07) is 3.59. The second-order valence-electron chi connectivity index (χ2n) is 4.73. The van der Waals surface area contributed by atoms with Crippen molar-refractivity contribution in [3.8, 4) is 0 Å². The molecule has 4 nitrogen and oxygen atoms in total. The molecule has 0 bridgehead atoms. The summed E-state index contributed by atoms with van der Waals surface area (Å²) >= 11 is 5.76. The smallest absolute Gasteiger partial charge is 0.241 e. The lowest BCUT2D eigenvalue weighted by Gasteiger charge is -2.23. The molecule has 104 valence electrons. The van der Waals surface area contributed by atoms with Crippen LogP contribution >= 0.6 is 11.6 Å². The maximum Gasteiger partial charge on any atom is 0.241 e. The lowest BCUT2D eigenvalue weighted by molar-refractivity contribution is -0.120. The molecule has 6 heteroatoms. The molecule has 1 saturated heterocycles. The van der Waals surface area contributed by atoms with Crippen LogP contribution in [0.5, 0.6) is 0 Å². The van der Waals surface area contributed by atoms with Crippen LogP contribution < -0.4 is 5.32 Å². The van der Waals surface area contributed by atoms with E-state index < -0.39 is 18.0 Å². The molecule has 0 aliphatic carbocycles. The molecule has 2 atom stereocenters. The van der Waals surface area contributed by atoms with Gasteiger partial charge in [-0.3, -0.25) is 9.69 Å². The third kappa shape index (κ3) is 3.43. The number of aliphatic hydroxyl groups is 1. The van der Waals surface area contributed by atoms with Gasteiger partial charge >= 0.3 is 0 Å². The number of amides is 1. The highest BCUT2D eigenvalue weighted by Crippen LogP contribution is 2.20. The van der Waals surface area contributed by atoms with Crippen LogP contribution in [-0.2, 0) is 4.79 Å². The zero-order valence-corrected chi connectivity index (χ0v) is 11.3. The first kappa shape index (κ1) is 14.2. The van der Waals surface area contributed by atoms with Crippen LogP contribution in [0.4, 0.5) is 10.1 Å². The number of hydrogen-bond acceptors (Lipinski definition) is 3. The SMILES string of the molecule is CC(C(=O)Nc1cc(Cl)ccc1F)N1CC[C@H](O)C1. The Morgan fingerprint density at radius 1 is 1.63 bits per heavy atom. The van der Waals surface area contributed by atoms with E-state index in [-0.39, 0.29) is 11.6 Å². The summed E-state index contributed by atoms with van der Waals surface area (Å²) in [4.78, 5) is 13.9. The van der Waals surface area contributed by atoms with Gasteiger partial charge in [0.05, 0.1) is 17.8 Å². The molecule has 0 aromatic heterocycles. The van der Waals surface area contributed by atoms with Gasteiger partial charge in [0.2, 0.25) is 5.91 Å². The molecule has 0 saturated carbocycles. The van der Waals surface area contributed by atoms with Gasteiger partial charge in [0.1, 0.15) is 5.82 Å². The molecule has 2 rings (SSSR count). The molecule has 1 fully saturated rings. The third-order valence-electron chi connectivity index (χ3n) is 3.31. The molecule has 2 N–H and O–H groups in total. The van der Waals surface area contributed by atoms with E-state index in [9.17, 15) is 14.3 Å². The van der Waals surface area contributed by atoms with E-state index in [0.717, 1.165) is 0 Å². The minimum Gasteiger partial charge on any atom is -0.392 e. The quantitative estimate of drug-likeness (QED) is 0.892. The predicted molar refractivity (Wildman–Crippen MR) is 71.7 cm³/mol. The molecule has 0 radical (unpaired) electrons. The number of carbonyl (C=O) groups excluding carboxylic acids is 1. The van der Waals surface area contributed by atoms with Gasteiger partial charge in [0.15, 0.2) is 0 Å². The zero-order chi connectivity index (χ0) is 14.0. The number of hydrogen-bond donors (Lipinski definition) is 2. The first-order valence-corrected chi connectivity index (χ1v) is 6.53. The van der Waals surface area contributed by atoms with Gasteiger partial charge in [0, 0.05) is 18.1 Å². The number of aliphatic hydroxyl groups excluding tert-OH is 1. The summed E-state index contributed by atoms with van der Waals surface area (Å²) in [5.74, 6) is -0.832. The van der Waals surface area contributed by atoms with Crippen molar-refractivity contribution in [2.75, 3.05) is 18.4 Å². The second-order valence-corrected chi connectivity index (χ2v) is 5.16. The van der Waals surface area contributed by atoms with Gasteiger partial charge in [-0.2, -0.15) is 0 Å². The van der Waals surface area contributed by atoms with Gasteiger partial charge in [0.25, 0.3) is 0 Å². The van der Waals surface area contributed by atoms with Gasteiger partial charge < -0.3 is 10.4 Å². The Morgan fingerprint density at radius 2 is 2.37 bits per heavy atom. The molecule has 1 heterocycles. The van der Waals surface area contributed by atoms with Crippen LogP contribution in [0.1, 0.15) is 13.3 Å². The van der Waals surface area contributed by atoms with Gasteiger partial charge in [-0.25, -0.2) is 4.39 Å². The molecule has 1 amide bonds. The number of nitrogens with one attached hydrogen (secondary N) is 1. The van der Waals surface area contributed by atoms with Crippen molar-refractivity contribution in [1.29, 1.82) is 0 Å². The van der Waals surface area contributed by atoms with Crippen LogP contribution in [0.2, 0.25) is 5.02 Å². The van der Waals surface area contributed by atoms with Crippen molar-refractivity contribution in [2.24, 2.45) is 0 Å². The Hall–Kier alpha value is -1.17. The Bertz CT molecular complexity index is 484. The Labute approximate surface area is 116 Å². The average molecular weight is 287 g/mol. The number of benzene rings is 1. The van der Waals surface area contributed by atoms with Crippen molar-refractivity contribution >= 4 is 23.2 Å². The predicted octanol–water partition coefficient (Wildman–Crippen LogP) is 1.87. The molecular weight excluding hydrogens is 271 g/mol. The first-order valence-electron chi connectivity index (χ1n) is 6.15. The van der Waals surface area contributed by atoms with Gasteiger partial charge in [-0.05, 0) is 31.5 Å². The number of β-amino-alcohol motifs (C(OH)–C–C–N with tert-alkyl or cyclic N) is 1. The fourth-order valence-corrected chi connectivity index (χ4v) is 2.29. The summed E-state index contributed by atoms with van der Waals surface area (Å²) in [5.41, 5.74) is 0.0732. The maximum atomic E-state index is 13.5. The summed E-state index contributed by atoms with van der Waals surface area (Å²) in [5, 5.41) is 12.3. The summed E-state index contributed by atoms with van der Waals surface area (Å²) < 4.78 is 13.5. The minimum atomic E-state index is -0.522. The second kappa shape index (κ2) is 5.86. The van der Waals surface area contributed by atoms with Gasteiger partial charge in [-0.1, -0.05) is 11.6 Å². The van der Waals surface area contributed by atoms with E-state index in [4.69, 9.17) is 11.6 Å². The number of halogens is 2. The molecule has 19 heavy (non-hydrogen) atoms. The van der Waals surface area contributed by atoms with Crippen LogP contribution in [0.15, 0.2) is 18.2 Å². The minimum absolute atomic E-state index is 0.0732. The Morgan fingerprint density at radius 3 is 3.00 bits per heavy atom. The van der Waals surface area contributed by atoms with Crippen LogP contribution in [0.3, 0.4) is 0 Å². The molecule has 1 aliphatic heterocycles. The lowest BCUT2D eigenvalue weighted by Crippen LogP contribution is -2.41. The van der Waals surface area contributed by atoms with Crippen molar-refractivity contribution in [3.63, 3.8) is 0 Å². The summed E-state index contributed by atoms with van der Waals surface area (Å²) in [6.45, 7) is 2.86. The fourth-order valence-electron chi connectivity index (χ4n) is 2.12. The highest BCUT2D eigenvalue weighted by molar-refractivity contribution is 6.30. The lowest BCUT2D eigenvalue weighted by atomic mass is 10.2. The van der Waals surface area contributed by atoms with Crippen molar-refractivity contribution in [2.45, 2.75) is 25.5 Å². The summed E-state index contributed by atoms with van der Waals surface area (Å²) in [7, 11) is 0. The molecule has 1 aliphatic rings. The highest BCUT2D eigenvalue weighted by Gasteiger charge is 2.28. The van der Waals surface area contributed by atoms with Crippen LogP contribution in [-0.4, -0.2) is 41.1 Å². The summed E-state index contributed by atoms with van der Waals surface area (Å²) in [6.07, 6.45) is 0.265. The Balaban J connectivity index is 2.02. The maximum absolute atomic E-state index is 13.5. The standard InChI is InChI=1S/C13H16ClFN2O2/c1-8(17-5-4-10(18)7-17)13(19)16-12-6-9(14)2-3-11(12)15/h2-3,6,8,10,18H,4-5,7H2,1H3,(H,16,19)/t8?,10-/m0/s1. The number of anilines is 1. The number of carbonyl (C=O) groups is 1. The molecular formula is C13H16ClFN2O2. The van der Waals surface area contributed by atoms with Crippen LogP contribution in [0.25, 0.3) is 0 Å². The molecule has 1 unspecified atom stereocenters. The van der Waals surface area contributed by atoms with E-state index >= 15 is 0 Å². The molecule has 1 aromatic carbocycles. The van der Waals surface area contributed by atoms with Crippen molar-refractivity contribution in [1.82, 2.24) is 4.90 Å². The third-order valence-corrected chi connectivity index (χ3v) is 3.54. The Kier molecular flexibility index (Phi) is 4.39. The highest BCUT2D eigenvalue weighted by atomic mass is 35.5. The molecule has 1 aromatic rings. The monoisotopic (exact) mass is 286 g/mol. The average Bonchev–Trinajstić information content (AvgIpc) is 2.79. The van der Waals surface area contributed by atoms with E-state index in [2.05, 4.69) is 5.32 Å². The zero-order valence-electron chi connectivity index (χ0n) is 10.6. The number of nitrogens with zero attached hydrogens (tertiary/aromatic N) is 1. The van der Waals surface area contributed by atoms with E-state index in [1.165, 1.54) is 18.2 Å². The van der Waals surface area contributed by atoms with Gasteiger partial charge in [-0.15, -0.1) is 0 Å². The number of likely N-dealkylation sites (tertiary alicyclic amines) is 1. The van der Waals surface area contributed by atoms with Crippen LogP contribution in [0, 0.1) is 5.82 Å². The van der Waals surface area contributed by atoms with Crippen molar-refractivity contribution < 1.29 is 14.3 Å².